The SMILES string of the molecule is O=CC/C=C\C1=CC=CCC1. The van der Waals surface area contributed by atoms with Crippen LogP contribution in [0.3, 0.4) is 0 Å². The molecule has 1 rings (SSSR count). The molecule has 0 atom stereocenters. The molecule has 1 heteroatoms. The van der Waals surface area contributed by atoms with E-state index >= 15 is 0 Å². The highest BCUT2D eigenvalue weighted by Gasteiger charge is 1.92. The molecule has 0 radical (unpaired) electrons. The molecule has 0 heterocycles. The average Bonchev–Trinajstić information content (AvgIpc) is 2.07. The lowest BCUT2D eigenvalue weighted by Gasteiger charge is -2.01. The molecule has 0 saturated heterocycles. The van der Waals surface area contributed by atoms with E-state index in [4.69, 9.17) is 0 Å². The Bertz CT molecular complexity index is 209. The zero-order chi connectivity index (χ0) is 7.94. The molecule has 0 aromatic carbocycles. The van der Waals surface area contributed by atoms with E-state index in [9.17, 15) is 4.79 Å². The molecule has 0 aliphatic heterocycles. The molecular formula is C10H12O. The van der Waals surface area contributed by atoms with Crippen molar-refractivity contribution in [2.24, 2.45) is 0 Å². The van der Waals surface area contributed by atoms with Gasteiger partial charge < -0.3 is 4.79 Å². The molecule has 58 valence electrons. The smallest absolute Gasteiger partial charge is 0.123 e. The number of allylic oxidation sites excluding steroid dienone is 6. The first-order valence-corrected chi connectivity index (χ1v) is 3.89. The van der Waals surface area contributed by atoms with Crippen LogP contribution in [-0.2, 0) is 4.79 Å². The Kier molecular flexibility index (Phi) is 3.39. The van der Waals surface area contributed by atoms with Crippen LogP contribution in [0.2, 0.25) is 0 Å². The fourth-order valence-corrected chi connectivity index (χ4v) is 1.04. The zero-order valence-electron chi connectivity index (χ0n) is 6.49. The lowest BCUT2D eigenvalue weighted by atomic mass is 10.0. The van der Waals surface area contributed by atoms with Crippen LogP contribution in [-0.4, -0.2) is 6.29 Å². The van der Waals surface area contributed by atoms with Gasteiger partial charge in [0.05, 0.1) is 0 Å². The molecule has 0 N–H and O–H groups in total. The Morgan fingerprint density at radius 1 is 1.55 bits per heavy atom. The molecule has 1 aliphatic rings. The van der Waals surface area contributed by atoms with E-state index in [-0.39, 0.29) is 0 Å². The molecule has 0 amide bonds. The Morgan fingerprint density at radius 2 is 2.45 bits per heavy atom. The first-order chi connectivity index (χ1) is 5.43. The van der Waals surface area contributed by atoms with Crippen LogP contribution >= 0.6 is 0 Å². The normalized spacial score (nSPS) is 16.9. The molecule has 0 fully saturated rings. The van der Waals surface area contributed by atoms with Crippen LogP contribution < -0.4 is 0 Å². The van der Waals surface area contributed by atoms with Crippen molar-refractivity contribution in [3.05, 3.63) is 36.0 Å². The minimum absolute atomic E-state index is 0.529. The predicted molar refractivity (Wildman–Crippen MR) is 46.3 cm³/mol. The molecule has 0 spiro atoms. The largest absolute Gasteiger partial charge is 0.303 e. The standard InChI is InChI=1S/C10H12O/c11-9-5-4-8-10-6-2-1-3-7-10/h1-2,4,6,8-9H,3,5,7H2/b8-4-. The highest BCUT2D eigenvalue weighted by Crippen LogP contribution is 2.12. The van der Waals surface area contributed by atoms with Gasteiger partial charge in [-0.05, 0) is 18.4 Å². The number of carbonyl (C=O) groups is 1. The maximum Gasteiger partial charge on any atom is 0.123 e. The minimum atomic E-state index is 0.529. The van der Waals surface area contributed by atoms with Crippen LogP contribution in [0.4, 0.5) is 0 Å². The van der Waals surface area contributed by atoms with Crippen molar-refractivity contribution < 1.29 is 4.79 Å². The number of aldehydes is 1. The zero-order valence-corrected chi connectivity index (χ0v) is 6.49. The topological polar surface area (TPSA) is 17.1 Å². The predicted octanol–water partition coefficient (Wildman–Crippen LogP) is 2.41. The van der Waals surface area contributed by atoms with Gasteiger partial charge in [0, 0.05) is 6.42 Å². The van der Waals surface area contributed by atoms with E-state index in [1.54, 1.807) is 0 Å². The van der Waals surface area contributed by atoms with Crippen LogP contribution in [0, 0.1) is 0 Å². The van der Waals surface area contributed by atoms with Gasteiger partial charge in [0.1, 0.15) is 6.29 Å². The van der Waals surface area contributed by atoms with Crippen LogP contribution in [0.25, 0.3) is 0 Å². The molecule has 11 heavy (non-hydrogen) atoms. The summed E-state index contributed by atoms with van der Waals surface area (Å²) in [4.78, 5) is 9.96. The molecule has 1 nitrogen and oxygen atoms in total. The Hall–Kier alpha value is -1.11. The second kappa shape index (κ2) is 4.67. The van der Waals surface area contributed by atoms with Gasteiger partial charge in [0.15, 0.2) is 0 Å². The summed E-state index contributed by atoms with van der Waals surface area (Å²) < 4.78 is 0. The number of hydrogen-bond acceptors (Lipinski definition) is 1. The Balaban J connectivity index is 2.41. The second-order valence-corrected chi connectivity index (χ2v) is 2.51. The van der Waals surface area contributed by atoms with Crippen molar-refractivity contribution in [1.82, 2.24) is 0 Å². The van der Waals surface area contributed by atoms with Gasteiger partial charge in [0.25, 0.3) is 0 Å². The first kappa shape index (κ1) is 7.99. The summed E-state index contributed by atoms with van der Waals surface area (Å²) in [6, 6.07) is 0. The van der Waals surface area contributed by atoms with E-state index in [1.807, 2.05) is 12.2 Å². The summed E-state index contributed by atoms with van der Waals surface area (Å²) in [5.41, 5.74) is 1.31. The number of rotatable bonds is 3. The lowest BCUT2D eigenvalue weighted by molar-refractivity contribution is -0.107. The summed E-state index contributed by atoms with van der Waals surface area (Å²) in [5, 5.41) is 0. The van der Waals surface area contributed by atoms with Gasteiger partial charge in [-0.1, -0.05) is 30.4 Å². The molecule has 0 unspecified atom stereocenters. The van der Waals surface area contributed by atoms with Crippen LogP contribution in [0.1, 0.15) is 19.3 Å². The third-order valence-corrected chi connectivity index (χ3v) is 1.61. The van der Waals surface area contributed by atoms with Crippen LogP contribution in [0.5, 0.6) is 0 Å². The highest BCUT2D eigenvalue weighted by atomic mass is 16.1. The maximum atomic E-state index is 9.96. The second-order valence-electron chi connectivity index (χ2n) is 2.51. The molecule has 0 aromatic heterocycles. The van der Waals surface area contributed by atoms with E-state index < -0.39 is 0 Å². The van der Waals surface area contributed by atoms with E-state index in [0.29, 0.717) is 6.42 Å². The van der Waals surface area contributed by atoms with Gasteiger partial charge in [0.2, 0.25) is 0 Å². The van der Waals surface area contributed by atoms with Crippen molar-refractivity contribution in [3.8, 4) is 0 Å². The van der Waals surface area contributed by atoms with Crippen molar-refractivity contribution in [2.75, 3.05) is 0 Å². The van der Waals surface area contributed by atoms with Gasteiger partial charge >= 0.3 is 0 Å². The molecule has 0 saturated carbocycles. The molecule has 0 aromatic rings. The van der Waals surface area contributed by atoms with Crippen LogP contribution in [0.15, 0.2) is 36.0 Å². The van der Waals surface area contributed by atoms with Crippen molar-refractivity contribution in [2.45, 2.75) is 19.3 Å². The fourth-order valence-electron chi connectivity index (χ4n) is 1.04. The Labute approximate surface area is 67.1 Å². The van der Waals surface area contributed by atoms with Gasteiger partial charge in [-0.3, -0.25) is 0 Å². The first-order valence-electron chi connectivity index (χ1n) is 3.89. The monoisotopic (exact) mass is 148 g/mol. The number of carbonyl (C=O) groups excluding carboxylic acids is 1. The van der Waals surface area contributed by atoms with Crippen molar-refractivity contribution >= 4 is 6.29 Å². The van der Waals surface area contributed by atoms with Crippen molar-refractivity contribution in [1.29, 1.82) is 0 Å². The van der Waals surface area contributed by atoms with Crippen molar-refractivity contribution in [3.63, 3.8) is 0 Å². The van der Waals surface area contributed by atoms with Gasteiger partial charge in [-0.2, -0.15) is 0 Å². The highest BCUT2D eigenvalue weighted by molar-refractivity contribution is 5.52. The fraction of sp³-hybridized carbons (Fsp3) is 0.300. The maximum absolute atomic E-state index is 9.96. The lowest BCUT2D eigenvalue weighted by Crippen LogP contribution is -1.82. The summed E-state index contributed by atoms with van der Waals surface area (Å²) in [5.74, 6) is 0. The van der Waals surface area contributed by atoms with E-state index in [0.717, 1.165) is 19.1 Å². The van der Waals surface area contributed by atoms with E-state index in [2.05, 4.69) is 18.2 Å². The van der Waals surface area contributed by atoms with Gasteiger partial charge in [-0.15, -0.1) is 0 Å². The third-order valence-electron chi connectivity index (χ3n) is 1.61. The minimum Gasteiger partial charge on any atom is -0.303 e. The summed E-state index contributed by atoms with van der Waals surface area (Å²) in [7, 11) is 0. The Morgan fingerprint density at radius 3 is 3.09 bits per heavy atom. The molecule has 0 bridgehead atoms. The van der Waals surface area contributed by atoms with E-state index in [1.165, 1.54) is 5.57 Å². The molecular weight excluding hydrogens is 136 g/mol. The summed E-state index contributed by atoms with van der Waals surface area (Å²) >= 11 is 0. The third kappa shape index (κ3) is 2.99. The average molecular weight is 148 g/mol. The summed E-state index contributed by atoms with van der Waals surface area (Å²) in [6.45, 7) is 0. The molecule has 1 aliphatic carbocycles. The number of hydrogen-bond donors (Lipinski definition) is 0. The quantitative estimate of drug-likeness (QED) is 0.562. The van der Waals surface area contributed by atoms with Gasteiger partial charge in [-0.25, -0.2) is 0 Å². The summed E-state index contributed by atoms with van der Waals surface area (Å²) in [6.07, 6.45) is 13.9.